The van der Waals surface area contributed by atoms with Gasteiger partial charge in [-0.2, -0.15) is 0 Å². The average molecular weight is 453 g/mol. The molecular formula is C24H22BrFN2O. The Morgan fingerprint density at radius 3 is 2.62 bits per heavy atom. The molecule has 0 aliphatic carbocycles. The van der Waals surface area contributed by atoms with E-state index in [1.807, 2.05) is 18.2 Å². The molecule has 0 radical (unpaired) electrons. The quantitative estimate of drug-likeness (QED) is 0.503. The number of aromatic hydroxyl groups is 1. The summed E-state index contributed by atoms with van der Waals surface area (Å²) < 4.78 is 14.7. The van der Waals surface area contributed by atoms with Gasteiger partial charge in [0.2, 0.25) is 0 Å². The number of hydrogen-bond acceptors (Lipinski definition) is 3. The normalized spacial score (nSPS) is 19.1. The number of phenolic OH excluding ortho intramolecular Hbond substituents is 1. The lowest BCUT2D eigenvalue weighted by molar-refractivity contribution is 0.411. The molecule has 1 heterocycles. The van der Waals surface area contributed by atoms with Gasteiger partial charge in [-0.25, -0.2) is 4.39 Å². The highest BCUT2D eigenvalue weighted by atomic mass is 79.9. The molecule has 0 amide bonds. The summed E-state index contributed by atoms with van der Waals surface area (Å²) in [5, 5.41) is 13.9. The molecule has 0 unspecified atom stereocenters. The van der Waals surface area contributed by atoms with Crippen LogP contribution in [0.15, 0.2) is 76.2 Å². The molecule has 4 rings (SSSR count). The van der Waals surface area contributed by atoms with Crippen LogP contribution in [0.4, 0.5) is 4.39 Å². The topological polar surface area (TPSA) is 44.6 Å². The molecule has 0 saturated carbocycles. The van der Waals surface area contributed by atoms with Crippen LogP contribution in [0.3, 0.4) is 0 Å². The van der Waals surface area contributed by atoms with Crippen LogP contribution in [-0.2, 0) is 6.42 Å². The van der Waals surface area contributed by atoms with Gasteiger partial charge in [-0.05, 0) is 53.4 Å². The molecule has 0 aromatic heterocycles. The van der Waals surface area contributed by atoms with E-state index >= 15 is 0 Å². The fraction of sp³-hybridized carbons (Fsp3) is 0.208. The van der Waals surface area contributed by atoms with Gasteiger partial charge in [0, 0.05) is 28.2 Å². The van der Waals surface area contributed by atoms with Crippen LogP contribution >= 0.6 is 15.9 Å². The van der Waals surface area contributed by atoms with Gasteiger partial charge in [0.05, 0.1) is 0 Å². The van der Waals surface area contributed by atoms with Crippen molar-refractivity contribution in [3.05, 3.63) is 99.3 Å². The fourth-order valence-corrected chi connectivity index (χ4v) is 4.04. The van der Waals surface area contributed by atoms with Crippen LogP contribution in [0, 0.1) is 5.82 Å². The lowest BCUT2D eigenvalue weighted by atomic mass is 9.93. The first kappa shape index (κ1) is 19.8. The van der Waals surface area contributed by atoms with Gasteiger partial charge in [0.15, 0.2) is 0 Å². The van der Waals surface area contributed by atoms with Crippen molar-refractivity contribution in [1.82, 2.24) is 5.32 Å². The van der Waals surface area contributed by atoms with E-state index in [2.05, 4.69) is 52.4 Å². The number of aliphatic imine (C=N–C) groups is 1. The van der Waals surface area contributed by atoms with E-state index < -0.39 is 6.17 Å². The Kier molecular flexibility index (Phi) is 5.79. The Bertz CT molecular complexity index is 1050. The van der Waals surface area contributed by atoms with E-state index in [1.54, 1.807) is 12.1 Å². The van der Waals surface area contributed by atoms with Gasteiger partial charge < -0.3 is 5.11 Å². The highest BCUT2D eigenvalue weighted by molar-refractivity contribution is 9.10. The lowest BCUT2D eigenvalue weighted by Crippen LogP contribution is -2.33. The van der Waals surface area contributed by atoms with Crippen LogP contribution in [-0.4, -0.2) is 10.8 Å². The molecule has 1 aliphatic rings. The third-order valence-corrected chi connectivity index (χ3v) is 5.76. The Hall–Kier alpha value is -2.50. The van der Waals surface area contributed by atoms with Crippen LogP contribution in [0.5, 0.6) is 5.75 Å². The monoisotopic (exact) mass is 452 g/mol. The van der Waals surface area contributed by atoms with Gasteiger partial charge in [-0.15, -0.1) is 0 Å². The lowest BCUT2D eigenvalue weighted by Gasteiger charge is -2.31. The van der Waals surface area contributed by atoms with Gasteiger partial charge >= 0.3 is 0 Å². The van der Waals surface area contributed by atoms with Crippen molar-refractivity contribution >= 4 is 21.6 Å². The zero-order valence-electron chi connectivity index (χ0n) is 16.1. The Morgan fingerprint density at radius 2 is 1.90 bits per heavy atom. The number of benzene rings is 3. The second kappa shape index (κ2) is 8.47. The van der Waals surface area contributed by atoms with Crippen LogP contribution in [0.25, 0.3) is 0 Å². The molecular weight excluding hydrogens is 431 g/mol. The molecule has 2 N–H and O–H groups in total. The van der Waals surface area contributed by atoms with Crippen molar-refractivity contribution in [2.45, 2.75) is 32.0 Å². The van der Waals surface area contributed by atoms with E-state index in [0.29, 0.717) is 6.42 Å². The molecule has 3 nitrogen and oxygen atoms in total. The summed E-state index contributed by atoms with van der Waals surface area (Å²) in [7, 11) is 0. The van der Waals surface area contributed by atoms with Crippen LogP contribution in [0.2, 0.25) is 0 Å². The average Bonchev–Trinajstić information content (AvgIpc) is 2.75. The maximum Gasteiger partial charge on any atom is 0.126 e. The largest absolute Gasteiger partial charge is 0.508 e. The maximum atomic E-state index is 13.8. The minimum absolute atomic E-state index is 0.154. The molecule has 3 aromatic rings. The molecule has 1 aliphatic heterocycles. The summed E-state index contributed by atoms with van der Waals surface area (Å²) in [6.45, 7) is 2.13. The van der Waals surface area contributed by atoms with Gasteiger partial charge in [0.25, 0.3) is 0 Å². The standard InChI is InChI=1S/C24H22BrFN2O/c1-2-15-6-8-16(9-7-15)21-14-22(20-13-18(25)10-11-23(20)29)28-24(27-21)17-4-3-5-19(26)12-17/h3-13,22,24,28-29H,2,14H2,1H3/t22-,24-/m0/s1. The highest BCUT2D eigenvalue weighted by Gasteiger charge is 2.28. The summed E-state index contributed by atoms with van der Waals surface area (Å²) in [6, 6.07) is 20.1. The smallest absolute Gasteiger partial charge is 0.126 e. The first-order chi connectivity index (χ1) is 14.0. The molecule has 148 valence electrons. The van der Waals surface area contributed by atoms with E-state index in [-0.39, 0.29) is 17.6 Å². The third kappa shape index (κ3) is 4.41. The van der Waals surface area contributed by atoms with Gasteiger partial charge in [-0.3, -0.25) is 10.3 Å². The van der Waals surface area contributed by atoms with Crippen molar-refractivity contribution in [3.63, 3.8) is 0 Å². The van der Waals surface area contributed by atoms with E-state index in [0.717, 1.165) is 33.3 Å². The number of hydrogen-bond donors (Lipinski definition) is 2. The molecule has 0 saturated heterocycles. The number of nitrogens with zero attached hydrogens (tertiary/aromatic N) is 1. The van der Waals surface area contributed by atoms with Crippen molar-refractivity contribution in [2.75, 3.05) is 0 Å². The van der Waals surface area contributed by atoms with Crippen molar-refractivity contribution in [1.29, 1.82) is 0 Å². The molecule has 0 bridgehead atoms. The SMILES string of the molecule is CCc1ccc(C2=N[C@H](c3cccc(F)c3)N[C@H](c3cc(Br)ccc3O)C2)cc1. The first-order valence-corrected chi connectivity index (χ1v) is 10.5. The number of aryl methyl sites for hydroxylation is 1. The zero-order valence-corrected chi connectivity index (χ0v) is 17.7. The fourth-order valence-electron chi connectivity index (χ4n) is 3.67. The molecule has 0 spiro atoms. The summed E-state index contributed by atoms with van der Waals surface area (Å²) in [5.74, 6) is -0.0629. The highest BCUT2D eigenvalue weighted by Crippen LogP contribution is 2.35. The second-order valence-electron chi connectivity index (χ2n) is 7.21. The van der Waals surface area contributed by atoms with Crippen molar-refractivity contribution < 1.29 is 9.50 Å². The van der Waals surface area contributed by atoms with Crippen molar-refractivity contribution in [2.24, 2.45) is 4.99 Å². The predicted molar refractivity (Wildman–Crippen MR) is 118 cm³/mol. The van der Waals surface area contributed by atoms with Crippen LogP contribution in [0.1, 0.15) is 47.8 Å². The summed E-state index contributed by atoms with van der Waals surface area (Å²) in [6.07, 6.45) is 1.21. The Labute approximate surface area is 178 Å². The number of phenols is 1. The number of halogens is 2. The first-order valence-electron chi connectivity index (χ1n) is 9.69. The minimum atomic E-state index is -0.399. The Balaban J connectivity index is 1.76. The van der Waals surface area contributed by atoms with Gasteiger partial charge in [-0.1, -0.05) is 59.3 Å². The molecule has 0 fully saturated rings. The zero-order chi connectivity index (χ0) is 20.4. The molecule has 3 aromatic carbocycles. The predicted octanol–water partition coefficient (Wildman–Crippen LogP) is 6.08. The molecule has 29 heavy (non-hydrogen) atoms. The van der Waals surface area contributed by atoms with Crippen molar-refractivity contribution in [3.8, 4) is 5.75 Å². The molecule has 5 heteroatoms. The van der Waals surface area contributed by atoms with E-state index in [9.17, 15) is 9.50 Å². The van der Waals surface area contributed by atoms with E-state index in [1.165, 1.54) is 17.7 Å². The second-order valence-corrected chi connectivity index (χ2v) is 8.13. The number of nitrogens with one attached hydrogen (secondary N) is 1. The summed E-state index contributed by atoms with van der Waals surface area (Å²) in [4.78, 5) is 4.89. The maximum absolute atomic E-state index is 13.8. The van der Waals surface area contributed by atoms with E-state index in [4.69, 9.17) is 4.99 Å². The summed E-state index contributed by atoms with van der Waals surface area (Å²) in [5.41, 5.74) is 4.80. The molecule has 2 atom stereocenters. The number of rotatable bonds is 4. The van der Waals surface area contributed by atoms with Crippen LogP contribution < -0.4 is 5.32 Å². The minimum Gasteiger partial charge on any atom is -0.508 e. The Morgan fingerprint density at radius 1 is 1.10 bits per heavy atom. The summed E-state index contributed by atoms with van der Waals surface area (Å²) >= 11 is 3.49. The third-order valence-electron chi connectivity index (χ3n) is 5.27. The van der Waals surface area contributed by atoms with Gasteiger partial charge in [0.1, 0.15) is 17.7 Å².